The normalized spacial score (nSPS) is 10.7. The van der Waals surface area contributed by atoms with Gasteiger partial charge in [-0.05, 0) is 55.0 Å². The van der Waals surface area contributed by atoms with E-state index in [4.69, 9.17) is 14.9 Å². The maximum absolute atomic E-state index is 12.6. The number of hydrogen-bond acceptors (Lipinski definition) is 4. The van der Waals surface area contributed by atoms with E-state index in [0.29, 0.717) is 31.7 Å². The van der Waals surface area contributed by atoms with Crippen LogP contribution in [0.4, 0.5) is 10.5 Å². The lowest BCUT2D eigenvalue weighted by molar-refractivity contribution is -0.136. The molecule has 2 amide bonds. The summed E-state index contributed by atoms with van der Waals surface area (Å²) in [6.45, 7) is 3.42. The van der Waals surface area contributed by atoms with Gasteiger partial charge in [-0.2, -0.15) is 0 Å². The van der Waals surface area contributed by atoms with Crippen LogP contribution in [0.15, 0.2) is 42.5 Å². The Kier molecular flexibility index (Phi) is 12.7. The lowest BCUT2D eigenvalue weighted by atomic mass is 10.00. The van der Waals surface area contributed by atoms with E-state index in [1.807, 2.05) is 42.5 Å². The molecule has 0 atom stereocenters. The molecule has 7 nitrogen and oxygen atoms in total. The fourth-order valence-corrected chi connectivity index (χ4v) is 3.77. The van der Waals surface area contributed by atoms with Crippen molar-refractivity contribution in [1.29, 1.82) is 0 Å². The molecule has 0 aliphatic rings. The first-order valence-electron chi connectivity index (χ1n) is 12.7. The number of urea groups is 1. The Labute approximate surface area is 209 Å². The number of carbonyl (C=O) groups excluding carboxylic acids is 1. The standard InChI is InChI=1S/C28H40N2O5/c1-3-4-5-6-7-17-29-28(34)30(2)24-12-10-11-23(21-24)25-15-13-22(14-16-27(32)33)20-26(25)35-19-9-8-18-31/h10-13,15,20-21,31H,3-9,14,16-19H2,1-2H3,(H,29,34)(H,32,33). The largest absolute Gasteiger partial charge is 0.493 e. The number of anilines is 1. The van der Waals surface area contributed by atoms with Crippen molar-refractivity contribution < 1.29 is 24.5 Å². The molecule has 0 bridgehead atoms. The van der Waals surface area contributed by atoms with Gasteiger partial charge in [0.15, 0.2) is 0 Å². The van der Waals surface area contributed by atoms with E-state index in [1.54, 1.807) is 11.9 Å². The maximum Gasteiger partial charge on any atom is 0.321 e. The Hall–Kier alpha value is -3.06. The zero-order valence-electron chi connectivity index (χ0n) is 21.1. The first-order valence-corrected chi connectivity index (χ1v) is 12.7. The molecule has 3 N–H and O–H groups in total. The number of benzene rings is 2. The average molecular weight is 485 g/mol. The second kappa shape index (κ2) is 15.8. The zero-order valence-corrected chi connectivity index (χ0v) is 21.1. The van der Waals surface area contributed by atoms with E-state index >= 15 is 0 Å². The van der Waals surface area contributed by atoms with Gasteiger partial charge >= 0.3 is 12.0 Å². The van der Waals surface area contributed by atoms with Crippen LogP contribution in [-0.2, 0) is 11.2 Å². The molecular formula is C28H40N2O5. The van der Waals surface area contributed by atoms with E-state index in [0.717, 1.165) is 41.6 Å². The average Bonchev–Trinajstić information content (AvgIpc) is 2.87. The quantitative estimate of drug-likeness (QED) is 0.268. The van der Waals surface area contributed by atoms with Crippen LogP contribution in [0.5, 0.6) is 5.75 Å². The summed E-state index contributed by atoms with van der Waals surface area (Å²) >= 11 is 0. The fraction of sp³-hybridized carbons (Fsp3) is 0.500. The molecule has 0 spiro atoms. The van der Waals surface area contributed by atoms with Crippen LogP contribution in [0.1, 0.15) is 63.9 Å². The van der Waals surface area contributed by atoms with Gasteiger partial charge in [-0.25, -0.2) is 4.79 Å². The molecule has 0 saturated heterocycles. The van der Waals surface area contributed by atoms with Gasteiger partial charge in [0.1, 0.15) is 5.75 Å². The molecule has 0 heterocycles. The van der Waals surface area contributed by atoms with Gasteiger partial charge < -0.3 is 20.3 Å². The predicted molar refractivity (Wildman–Crippen MR) is 140 cm³/mol. The predicted octanol–water partition coefficient (Wildman–Crippen LogP) is 5.64. The van der Waals surface area contributed by atoms with Gasteiger partial charge in [-0.15, -0.1) is 0 Å². The van der Waals surface area contributed by atoms with Crippen LogP contribution in [0.2, 0.25) is 0 Å². The minimum Gasteiger partial charge on any atom is -0.493 e. The summed E-state index contributed by atoms with van der Waals surface area (Å²) < 4.78 is 6.03. The number of hydrogen-bond donors (Lipinski definition) is 3. The van der Waals surface area contributed by atoms with Crippen LogP contribution in [0.3, 0.4) is 0 Å². The van der Waals surface area contributed by atoms with Crippen molar-refractivity contribution in [1.82, 2.24) is 5.32 Å². The van der Waals surface area contributed by atoms with Crippen molar-refractivity contribution in [3.63, 3.8) is 0 Å². The number of ether oxygens (including phenoxy) is 1. The lowest BCUT2D eigenvalue weighted by Crippen LogP contribution is -2.37. The van der Waals surface area contributed by atoms with Gasteiger partial charge in [0.25, 0.3) is 0 Å². The molecular weight excluding hydrogens is 444 g/mol. The number of carbonyl (C=O) groups is 2. The van der Waals surface area contributed by atoms with Crippen molar-refractivity contribution in [3.8, 4) is 16.9 Å². The van der Waals surface area contributed by atoms with Crippen molar-refractivity contribution in [3.05, 3.63) is 48.0 Å². The van der Waals surface area contributed by atoms with Crippen molar-refractivity contribution in [2.75, 3.05) is 31.7 Å². The Morgan fingerprint density at radius 2 is 1.80 bits per heavy atom. The number of aliphatic hydroxyl groups is 1. The van der Waals surface area contributed by atoms with Gasteiger partial charge in [0, 0.05) is 37.9 Å². The van der Waals surface area contributed by atoms with Crippen LogP contribution in [0.25, 0.3) is 11.1 Å². The van der Waals surface area contributed by atoms with Gasteiger partial charge in [0.05, 0.1) is 6.61 Å². The molecule has 0 aromatic heterocycles. The van der Waals surface area contributed by atoms with Gasteiger partial charge in [0.2, 0.25) is 0 Å². The van der Waals surface area contributed by atoms with Crippen LogP contribution in [-0.4, -0.2) is 49.0 Å². The zero-order chi connectivity index (χ0) is 25.5. The number of carboxylic acid groups (broad SMARTS) is 1. The molecule has 2 aromatic rings. The highest BCUT2D eigenvalue weighted by Crippen LogP contribution is 2.33. The number of aliphatic hydroxyl groups excluding tert-OH is 1. The molecule has 0 unspecified atom stereocenters. The number of nitrogens with one attached hydrogen (secondary N) is 1. The van der Waals surface area contributed by atoms with E-state index in [2.05, 4.69) is 12.2 Å². The van der Waals surface area contributed by atoms with Gasteiger partial charge in [-0.1, -0.05) is 56.9 Å². The first-order chi connectivity index (χ1) is 17.0. The Morgan fingerprint density at radius 3 is 2.54 bits per heavy atom. The summed E-state index contributed by atoms with van der Waals surface area (Å²) in [7, 11) is 1.76. The number of aliphatic carboxylic acids is 1. The minimum atomic E-state index is -0.838. The van der Waals surface area contributed by atoms with E-state index in [-0.39, 0.29) is 19.1 Å². The highest BCUT2D eigenvalue weighted by Gasteiger charge is 2.14. The van der Waals surface area contributed by atoms with Crippen LogP contribution in [0, 0.1) is 0 Å². The number of nitrogens with zero attached hydrogens (tertiary/aromatic N) is 1. The SMILES string of the molecule is CCCCCCCNC(=O)N(C)c1cccc(-c2ccc(CCC(=O)O)cc2OCCCCO)c1. The summed E-state index contributed by atoms with van der Waals surface area (Å²) in [5.74, 6) is -0.170. The fourth-order valence-electron chi connectivity index (χ4n) is 3.77. The highest BCUT2D eigenvalue weighted by molar-refractivity contribution is 5.92. The topological polar surface area (TPSA) is 99.1 Å². The second-order valence-corrected chi connectivity index (χ2v) is 8.76. The lowest BCUT2D eigenvalue weighted by Gasteiger charge is -2.20. The van der Waals surface area contributed by atoms with E-state index in [9.17, 15) is 9.59 Å². The molecule has 0 saturated carbocycles. The Balaban J connectivity index is 2.14. The molecule has 192 valence electrons. The molecule has 2 rings (SSSR count). The number of rotatable bonds is 16. The van der Waals surface area contributed by atoms with E-state index < -0.39 is 5.97 Å². The van der Waals surface area contributed by atoms with Crippen molar-refractivity contribution in [2.45, 2.75) is 64.7 Å². The molecule has 2 aromatic carbocycles. The second-order valence-electron chi connectivity index (χ2n) is 8.76. The number of unbranched alkanes of at least 4 members (excludes halogenated alkanes) is 5. The minimum absolute atomic E-state index is 0.0529. The molecule has 0 radical (unpaired) electrons. The summed E-state index contributed by atoms with van der Waals surface area (Å²) in [5.41, 5.74) is 3.44. The number of amides is 2. The number of aryl methyl sites for hydroxylation is 1. The smallest absolute Gasteiger partial charge is 0.321 e. The molecule has 35 heavy (non-hydrogen) atoms. The third kappa shape index (κ3) is 9.99. The van der Waals surface area contributed by atoms with Gasteiger partial charge in [-0.3, -0.25) is 9.69 Å². The summed E-state index contributed by atoms with van der Waals surface area (Å²) in [6, 6.07) is 13.3. The first kappa shape index (κ1) is 28.2. The third-order valence-corrected chi connectivity index (χ3v) is 5.89. The molecule has 0 aliphatic heterocycles. The summed E-state index contributed by atoms with van der Waals surface area (Å²) in [6.07, 6.45) is 7.58. The monoisotopic (exact) mass is 484 g/mol. The van der Waals surface area contributed by atoms with Crippen LogP contribution >= 0.6 is 0 Å². The van der Waals surface area contributed by atoms with Crippen LogP contribution < -0.4 is 15.0 Å². The number of carboxylic acids is 1. The third-order valence-electron chi connectivity index (χ3n) is 5.89. The maximum atomic E-state index is 12.6. The highest BCUT2D eigenvalue weighted by atomic mass is 16.5. The molecule has 0 aliphatic carbocycles. The Bertz CT molecular complexity index is 931. The molecule has 0 fully saturated rings. The van der Waals surface area contributed by atoms with Crippen molar-refractivity contribution in [2.24, 2.45) is 0 Å². The van der Waals surface area contributed by atoms with E-state index in [1.165, 1.54) is 19.3 Å². The summed E-state index contributed by atoms with van der Waals surface area (Å²) in [4.78, 5) is 25.2. The molecule has 7 heteroatoms. The van der Waals surface area contributed by atoms with Crippen molar-refractivity contribution >= 4 is 17.7 Å². The summed E-state index contributed by atoms with van der Waals surface area (Å²) in [5, 5.41) is 21.1. The Morgan fingerprint density at radius 1 is 1.00 bits per heavy atom.